The van der Waals surface area contributed by atoms with Crippen LogP contribution in [0.25, 0.3) is 10.6 Å². The van der Waals surface area contributed by atoms with E-state index in [2.05, 4.69) is 37.0 Å². The summed E-state index contributed by atoms with van der Waals surface area (Å²) in [7, 11) is 0. The van der Waals surface area contributed by atoms with Crippen LogP contribution in [0.3, 0.4) is 0 Å². The number of benzene rings is 1. The van der Waals surface area contributed by atoms with Crippen molar-refractivity contribution in [1.82, 2.24) is 9.88 Å². The van der Waals surface area contributed by atoms with Crippen molar-refractivity contribution in [3.63, 3.8) is 0 Å². The molecule has 2 atom stereocenters. The predicted octanol–water partition coefficient (Wildman–Crippen LogP) is 3.46. The average molecular weight is 372 g/mol. The van der Waals surface area contributed by atoms with Crippen LogP contribution in [0.5, 0.6) is 0 Å². The first-order valence-corrected chi connectivity index (χ1v) is 9.75. The summed E-state index contributed by atoms with van der Waals surface area (Å²) in [5, 5.41) is 0.861. The molecule has 0 bridgehead atoms. The summed E-state index contributed by atoms with van der Waals surface area (Å²) in [6.45, 7) is 8.41. The van der Waals surface area contributed by atoms with Gasteiger partial charge in [-0.15, -0.1) is 11.3 Å². The molecule has 2 N–H and O–H groups in total. The minimum Gasteiger partial charge on any atom is -0.369 e. The molecule has 0 unspecified atom stereocenters. The second kappa shape index (κ2) is 7.19. The van der Waals surface area contributed by atoms with Crippen LogP contribution in [0.15, 0.2) is 18.2 Å². The Balaban J connectivity index is 1.90. The van der Waals surface area contributed by atoms with Gasteiger partial charge >= 0.3 is 0 Å². The number of hydrogen-bond donors (Lipinski definition) is 1. The van der Waals surface area contributed by atoms with Crippen molar-refractivity contribution in [2.24, 2.45) is 11.7 Å². The van der Waals surface area contributed by atoms with Crippen LogP contribution in [0.1, 0.15) is 46.3 Å². The Bertz CT molecular complexity index is 859. The molecule has 1 saturated heterocycles. The van der Waals surface area contributed by atoms with Crippen molar-refractivity contribution in [1.29, 1.82) is 0 Å². The topological polar surface area (TPSA) is 76.3 Å². The highest BCUT2D eigenvalue weighted by Gasteiger charge is 2.33. The van der Waals surface area contributed by atoms with Gasteiger partial charge in [0.1, 0.15) is 9.88 Å². The number of primary amides is 1. The van der Waals surface area contributed by atoms with Gasteiger partial charge in [0.2, 0.25) is 5.91 Å². The number of nitrogens with two attached hydrogens (primary N) is 1. The minimum absolute atomic E-state index is 0.0468. The molecule has 2 amide bonds. The average Bonchev–Trinajstić information content (AvgIpc) is 2.96. The summed E-state index contributed by atoms with van der Waals surface area (Å²) in [5.41, 5.74) is 9.62. The standard InChI is InChI=1S/C20H25N3O2S/c1-11-5-8-16(12(2)9-11)19-22-14(4)17(26-19)20(25)23-10-15(18(21)24)7-6-13(23)3/h5,8-9,13,15H,6-7,10H2,1-4H3,(H2,21,24)/t13-,15-/m0/s1. The van der Waals surface area contributed by atoms with Gasteiger partial charge in [0, 0.05) is 18.2 Å². The molecule has 2 heterocycles. The summed E-state index contributed by atoms with van der Waals surface area (Å²) in [6, 6.07) is 6.34. The molecule has 26 heavy (non-hydrogen) atoms. The zero-order chi connectivity index (χ0) is 19.0. The highest BCUT2D eigenvalue weighted by atomic mass is 32.1. The smallest absolute Gasteiger partial charge is 0.266 e. The van der Waals surface area contributed by atoms with Crippen molar-refractivity contribution < 1.29 is 9.59 Å². The lowest BCUT2D eigenvalue weighted by molar-refractivity contribution is -0.123. The number of aryl methyl sites for hydroxylation is 3. The number of rotatable bonds is 3. The molecule has 1 aliphatic rings. The molecule has 1 aromatic carbocycles. The lowest BCUT2D eigenvalue weighted by Crippen LogP contribution is -2.48. The molecule has 0 radical (unpaired) electrons. The van der Waals surface area contributed by atoms with E-state index in [9.17, 15) is 9.59 Å². The van der Waals surface area contributed by atoms with Gasteiger partial charge < -0.3 is 10.6 Å². The number of likely N-dealkylation sites (tertiary alicyclic amines) is 1. The van der Waals surface area contributed by atoms with Crippen molar-refractivity contribution in [2.45, 2.75) is 46.6 Å². The van der Waals surface area contributed by atoms with Crippen LogP contribution >= 0.6 is 11.3 Å². The number of amides is 2. The summed E-state index contributed by atoms with van der Waals surface area (Å²) in [6.07, 6.45) is 1.54. The quantitative estimate of drug-likeness (QED) is 0.898. The summed E-state index contributed by atoms with van der Waals surface area (Å²) < 4.78 is 0. The van der Waals surface area contributed by atoms with Crippen LogP contribution in [0, 0.1) is 26.7 Å². The number of nitrogens with zero attached hydrogens (tertiary/aromatic N) is 2. The summed E-state index contributed by atoms with van der Waals surface area (Å²) in [4.78, 5) is 31.8. The summed E-state index contributed by atoms with van der Waals surface area (Å²) >= 11 is 1.43. The third-order valence-electron chi connectivity index (χ3n) is 5.15. The van der Waals surface area contributed by atoms with E-state index in [-0.39, 0.29) is 23.8 Å². The Labute approximate surface area is 158 Å². The number of hydrogen-bond acceptors (Lipinski definition) is 4. The van der Waals surface area contributed by atoms with Gasteiger partial charge in [0.25, 0.3) is 5.91 Å². The van der Waals surface area contributed by atoms with Gasteiger partial charge in [-0.25, -0.2) is 4.98 Å². The van der Waals surface area contributed by atoms with Gasteiger partial charge in [-0.1, -0.05) is 23.8 Å². The maximum Gasteiger partial charge on any atom is 0.266 e. The van der Waals surface area contributed by atoms with Crippen LogP contribution in [0.2, 0.25) is 0 Å². The van der Waals surface area contributed by atoms with Crippen LogP contribution in [-0.4, -0.2) is 34.3 Å². The molecule has 5 nitrogen and oxygen atoms in total. The molecule has 1 aromatic heterocycles. The van der Waals surface area contributed by atoms with E-state index in [0.717, 1.165) is 34.7 Å². The second-order valence-corrected chi connectivity index (χ2v) is 8.23. The number of carbonyl (C=O) groups excluding carboxylic acids is 2. The maximum atomic E-state index is 13.1. The summed E-state index contributed by atoms with van der Waals surface area (Å²) in [5.74, 6) is -0.636. The maximum absolute atomic E-state index is 13.1. The van der Waals surface area contributed by atoms with E-state index in [1.807, 2.05) is 13.8 Å². The van der Waals surface area contributed by atoms with Crippen LogP contribution < -0.4 is 5.73 Å². The van der Waals surface area contributed by atoms with Crippen molar-refractivity contribution in [3.05, 3.63) is 39.9 Å². The first kappa shape index (κ1) is 18.6. The van der Waals surface area contributed by atoms with E-state index in [4.69, 9.17) is 5.73 Å². The Morgan fingerprint density at radius 1 is 1.23 bits per heavy atom. The van der Waals surface area contributed by atoms with E-state index in [1.165, 1.54) is 16.9 Å². The molecule has 0 saturated carbocycles. The lowest BCUT2D eigenvalue weighted by Gasteiger charge is -2.36. The van der Waals surface area contributed by atoms with E-state index < -0.39 is 0 Å². The zero-order valence-electron chi connectivity index (χ0n) is 15.7. The Morgan fingerprint density at radius 3 is 2.62 bits per heavy atom. The molecule has 1 aliphatic heterocycles. The normalized spacial score (nSPS) is 20.2. The first-order valence-electron chi connectivity index (χ1n) is 8.93. The minimum atomic E-state index is -0.327. The fourth-order valence-electron chi connectivity index (χ4n) is 3.52. The number of carbonyl (C=O) groups is 2. The Hall–Kier alpha value is -2.21. The molecular weight excluding hydrogens is 346 g/mol. The molecule has 138 valence electrons. The molecule has 1 fully saturated rings. The van der Waals surface area contributed by atoms with Crippen molar-refractivity contribution >= 4 is 23.2 Å². The SMILES string of the molecule is Cc1ccc(-c2nc(C)c(C(=O)N3C[C@@H](C(N)=O)CC[C@@H]3C)s2)c(C)c1. The Morgan fingerprint density at radius 2 is 1.96 bits per heavy atom. The van der Waals surface area contributed by atoms with Gasteiger partial charge in [0.05, 0.1) is 11.6 Å². The highest BCUT2D eigenvalue weighted by Crippen LogP contribution is 2.33. The fourth-order valence-corrected chi connectivity index (χ4v) is 4.63. The van der Waals surface area contributed by atoms with Crippen LogP contribution in [-0.2, 0) is 4.79 Å². The van der Waals surface area contributed by atoms with Gasteiger partial charge in [-0.3, -0.25) is 9.59 Å². The number of thiazole rings is 1. The monoisotopic (exact) mass is 371 g/mol. The second-order valence-electron chi connectivity index (χ2n) is 7.24. The third kappa shape index (κ3) is 3.51. The fraction of sp³-hybridized carbons (Fsp3) is 0.450. The first-order chi connectivity index (χ1) is 12.3. The molecule has 2 aromatic rings. The van der Waals surface area contributed by atoms with E-state index in [0.29, 0.717) is 11.4 Å². The number of piperidine rings is 1. The third-order valence-corrected chi connectivity index (χ3v) is 6.33. The lowest BCUT2D eigenvalue weighted by atomic mass is 9.93. The van der Waals surface area contributed by atoms with Gasteiger partial charge in [-0.2, -0.15) is 0 Å². The number of aromatic nitrogens is 1. The molecule has 0 aliphatic carbocycles. The van der Waals surface area contributed by atoms with Crippen molar-refractivity contribution in [3.8, 4) is 10.6 Å². The molecule has 3 rings (SSSR count). The molecule has 0 spiro atoms. The van der Waals surface area contributed by atoms with Gasteiger partial charge in [0.15, 0.2) is 0 Å². The largest absolute Gasteiger partial charge is 0.369 e. The van der Waals surface area contributed by atoms with Crippen LogP contribution in [0.4, 0.5) is 0 Å². The van der Waals surface area contributed by atoms with Gasteiger partial charge in [-0.05, 0) is 46.1 Å². The highest BCUT2D eigenvalue weighted by molar-refractivity contribution is 7.17. The Kier molecular flexibility index (Phi) is 5.14. The molecular formula is C20H25N3O2S. The molecule has 6 heteroatoms. The predicted molar refractivity (Wildman–Crippen MR) is 104 cm³/mol. The van der Waals surface area contributed by atoms with E-state index >= 15 is 0 Å². The zero-order valence-corrected chi connectivity index (χ0v) is 16.5. The van der Waals surface area contributed by atoms with Crippen molar-refractivity contribution in [2.75, 3.05) is 6.54 Å². The van der Waals surface area contributed by atoms with E-state index in [1.54, 1.807) is 4.90 Å².